The number of carbonyl (C=O) groups excluding carboxylic acids is 2. The topological polar surface area (TPSA) is 49.4 Å². The predicted octanol–water partition coefficient (Wildman–Crippen LogP) is 5.18. The predicted molar refractivity (Wildman–Crippen MR) is 115 cm³/mol. The van der Waals surface area contributed by atoms with Crippen LogP contribution < -0.4 is 5.32 Å². The molecule has 3 aliphatic rings. The summed E-state index contributed by atoms with van der Waals surface area (Å²) in [6.07, 6.45) is 0.842. The second-order valence-corrected chi connectivity index (χ2v) is 9.82. The summed E-state index contributed by atoms with van der Waals surface area (Å²) in [4.78, 5) is 28.7. The molecule has 7 heteroatoms. The van der Waals surface area contributed by atoms with Crippen molar-refractivity contribution < 1.29 is 22.8 Å². The summed E-state index contributed by atoms with van der Waals surface area (Å²) >= 11 is 0. The van der Waals surface area contributed by atoms with Crippen LogP contribution in [0.15, 0.2) is 47.3 Å². The van der Waals surface area contributed by atoms with Gasteiger partial charge in [-0.05, 0) is 49.3 Å². The number of benzene rings is 1. The maximum Gasteiger partial charge on any atom is 0.416 e. The molecule has 2 heterocycles. The quantitative estimate of drug-likeness (QED) is 0.681. The third-order valence-corrected chi connectivity index (χ3v) is 6.71. The Morgan fingerprint density at radius 2 is 1.69 bits per heavy atom. The van der Waals surface area contributed by atoms with E-state index in [4.69, 9.17) is 0 Å². The number of carbonyl (C=O) groups is 2. The summed E-state index contributed by atoms with van der Waals surface area (Å²) in [7, 11) is 0. The van der Waals surface area contributed by atoms with E-state index in [2.05, 4.69) is 5.32 Å². The van der Waals surface area contributed by atoms with Crippen LogP contribution in [-0.4, -0.2) is 29.7 Å². The van der Waals surface area contributed by atoms with Crippen molar-refractivity contribution in [2.75, 3.05) is 13.1 Å². The van der Waals surface area contributed by atoms with Gasteiger partial charge in [-0.3, -0.25) is 9.59 Å². The minimum absolute atomic E-state index is 0.00124. The monoisotopic (exact) mass is 446 g/mol. The molecule has 0 aromatic heterocycles. The first-order valence-electron chi connectivity index (χ1n) is 11.2. The Kier molecular flexibility index (Phi) is 5.72. The molecule has 0 radical (unpaired) electrons. The number of fused-ring (bicyclic) bond motifs is 1. The summed E-state index contributed by atoms with van der Waals surface area (Å²) < 4.78 is 39.4. The molecule has 2 aliphatic heterocycles. The molecule has 2 unspecified atom stereocenters. The zero-order valence-corrected chi connectivity index (χ0v) is 18.7. The average Bonchev–Trinajstić information content (AvgIpc) is 2.71. The molecule has 1 fully saturated rings. The number of Topliss-reactive ketones (excluding diaryl/α,β-unsaturated/α-hetero) is 1. The van der Waals surface area contributed by atoms with Crippen LogP contribution in [-0.2, 0) is 15.8 Å². The molecule has 0 saturated carbocycles. The Bertz CT molecular complexity index is 983. The second-order valence-electron chi connectivity index (χ2n) is 9.82. The second kappa shape index (κ2) is 8.09. The number of nitrogens with zero attached hydrogens (tertiary/aromatic N) is 1. The number of hydrogen-bond donors (Lipinski definition) is 1. The van der Waals surface area contributed by atoms with Crippen molar-refractivity contribution in [3.05, 3.63) is 58.4 Å². The van der Waals surface area contributed by atoms with E-state index in [1.807, 2.05) is 31.7 Å². The summed E-state index contributed by atoms with van der Waals surface area (Å²) in [6, 6.07) is 4.91. The number of piperidine rings is 1. The van der Waals surface area contributed by atoms with Gasteiger partial charge < -0.3 is 10.2 Å². The Labute approximate surface area is 186 Å². The van der Waals surface area contributed by atoms with Gasteiger partial charge in [-0.2, -0.15) is 13.2 Å². The highest BCUT2D eigenvalue weighted by Gasteiger charge is 2.46. The summed E-state index contributed by atoms with van der Waals surface area (Å²) in [5, 5.41) is 3.30. The van der Waals surface area contributed by atoms with Crippen LogP contribution in [0.5, 0.6) is 0 Å². The average molecular weight is 447 g/mol. The number of rotatable bonds is 2. The van der Waals surface area contributed by atoms with Crippen LogP contribution in [0.1, 0.15) is 63.5 Å². The molecule has 172 valence electrons. The molecule has 0 spiro atoms. The number of likely N-dealkylation sites (tertiary alicyclic amines) is 1. The van der Waals surface area contributed by atoms with Crippen LogP contribution in [0.25, 0.3) is 0 Å². The fraction of sp³-hybridized carbons (Fsp3) is 0.520. The number of alkyl halides is 3. The molecule has 4 rings (SSSR count). The lowest BCUT2D eigenvalue weighted by atomic mass is 9.66. The van der Waals surface area contributed by atoms with Gasteiger partial charge in [0.1, 0.15) is 5.78 Å². The third kappa shape index (κ3) is 4.21. The lowest BCUT2D eigenvalue weighted by Gasteiger charge is -2.43. The van der Waals surface area contributed by atoms with E-state index in [9.17, 15) is 22.8 Å². The van der Waals surface area contributed by atoms with Gasteiger partial charge in [0.05, 0.1) is 11.5 Å². The standard InChI is InChI=1S/C25H29F3N2O2/c1-15-20(23(32)30-11-5-4-6-12-30)21(16-7-9-17(10-8-16)25(26,27)28)22-18(29-15)13-24(2,3)14-19(22)31/h7-10,13,21-22,29H,4-6,11-12,14H2,1-3H3. The van der Waals surface area contributed by atoms with Crippen molar-refractivity contribution >= 4 is 11.7 Å². The molecule has 4 nitrogen and oxygen atoms in total. The molecule has 2 atom stereocenters. The third-order valence-electron chi connectivity index (χ3n) is 6.71. The fourth-order valence-corrected chi connectivity index (χ4v) is 5.26. The number of allylic oxidation sites excluding steroid dienone is 3. The van der Waals surface area contributed by atoms with Gasteiger partial charge in [-0.15, -0.1) is 0 Å². The lowest BCUT2D eigenvalue weighted by Crippen LogP contribution is -2.46. The highest BCUT2D eigenvalue weighted by Crippen LogP contribution is 2.47. The lowest BCUT2D eigenvalue weighted by molar-refractivity contribution is -0.137. The highest BCUT2D eigenvalue weighted by molar-refractivity contribution is 5.99. The van der Waals surface area contributed by atoms with Crippen molar-refractivity contribution in [2.24, 2.45) is 11.3 Å². The summed E-state index contributed by atoms with van der Waals surface area (Å²) in [5.74, 6) is -1.34. The van der Waals surface area contributed by atoms with Crippen molar-refractivity contribution in [3.8, 4) is 0 Å². The first-order chi connectivity index (χ1) is 15.0. The minimum atomic E-state index is -4.44. The van der Waals surface area contributed by atoms with Crippen LogP contribution in [0.2, 0.25) is 0 Å². The van der Waals surface area contributed by atoms with Gasteiger partial charge in [0.15, 0.2) is 0 Å². The Morgan fingerprint density at radius 1 is 1.06 bits per heavy atom. The maximum atomic E-state index is 13.6. The molecular formula is C25H29F3N2O2. The normalized spacial score (nSPS) is 25.8. The van der Waals surface area contributed by atoms with E-state index in [1.165, 1.54) is 12.1 Å². The molecule has 1 N–H and O–H groups in total. The largest absolute Gasteiger partial charge is 0.416 e. The molecule has 32 heavy (non-hydrogen) atoms. The van der Waals surface area contributed by atoms with Gasteiger partial charge in [0.2, 0.25) is 0 Å². The molecular weight excluding hydrogens is 417 g/mol. The first-order valence-corrected chi connectivity index (χ1v) is 11.2. The van der Waals surface area contributed by atoms with Crippen molar-refractivity contribution in [1.82, 2.24) is 10.2 Å². The zero-order chi connectivity index (χ0) is 23.3. The summed E-state index contributed by atoms with van der Waals surface area (Å²) in [5.41, 5.74) is 1.38. The SMILES string of the molecule is CC1=C(C(=O)N2CCCCC2)C(c2ccc(C(F)(F)F)cc2)C2C(=O)CC(C)(C)C=C2N1. The van der Waals surface area contributed by atoms with E-state index in [0.29, 0.717) is 36.3 Å². The Hall–Kier alpha value is -2.57. The minimum Gasteiger partial charge on any atom is -0.362 e. The first kappa shape index (κ1) is 22.6. The van der Waals surface area contributed by atoms with Gasteiger partial charge in [-0.1, -0.05) is 32.1 Å². The molecule has 1 aliphatic carbocycles. The van der Waals surface area contributed by atoms with Gasteiger partial charge >= 0.3 is 6.18 Å². The molecule has 1 saturated heterocycles. The zero-order valence-electron chi connectivity index (χ0n) is 18.7. The van der Waals surface area contributed by atoms with Crippen LogP contribution in [0.3, 0.4) is 0 Å². The Morgan fingerprint density at radius 3 is 2.28 bits per heavy atom. The van der Waals surface area contributed by atoms with Crippen LogP contribution >= 0.6 is 0 Å². The van der Waals surface area contributed by atoms with Gasteiger partial charge in [0, 0.05) is 42.4 Å². The number of hydrogen-bond acceptors (Lipinski definition) is 3. The number of nitrogens with one attached hydrogen (secondary N) is 1. The number of ketones is 1. The van der Waals surface area contributed by atoms with Crippen molar-refractivity contribution in [3.63, 3.8) is 0 Å². The number of amides is 1. The smallest absolute Gasteiger partial charge is 0.362 e. The van der Waals surface area contributed by atoms with Crippen LogP contribution in [0.4, 0.5) is 13.2 Å². The van der Waals surface area contributed by atoms with E-state index < -0.39 is 23.6 Å². The maximum absolute atomic E-state index is 13.6. The number of halogens is 3. The molecule has 1 amide bonds. The van der Waals surface area contributed by atoms with E-state index in [1.54, 1.807) is 0 Å². The molecule has 0 bridgehead atoms. The molecule has 1 aromatic rings. The van der Waals surface area contributed by atoms with Gasteiger partial charge in [-0.25, -0.2) is 0 Å². The van der Waals surface area contributed by atoms with Crippen LogP contribution in [0, 0.1) is 11.3 Å². The van der Waals surface area contributed by atoms with E-state index in [0.717, 1.165) is 37.1 Å². The molecule has 1 aromatic carbocycles. The van der Waals surface area contributed by atoms with Crippen molar-refractivity contribution in [2.45, 2.75) is 58.5 Å². The Balaban J connectivity index is 1.83. The summed E-state index contributed by atoms with van der Waals surface area (Å²) in [6.45, 7) is 7.09. The van der Waals surface area contributed by atoms with E-state index in [-0.39, 0.29) is 17.1 Å². The van der Waals surface area contributed by atoms with Crippen molar-refractivity contribution in [1.29, 1.82) is 0 Å². The highest BCUT2D eigenvalue weighted by atomic mass is 19.4. The fourth-order valence-electron chi connectivity index (χ4n) is 5.26. The van der Waals surface area contributed by atoms with E-state index >= 15 is 0 Å². The van der Waals surface area contributed by atoms with Gasteiger partial charge in [0.25, 0.3) is 5.91 Å².